The molecule has 46 heavy (non-hydrogen) atoms. The largest absolute Gasteiger partial charge is 0.354 e. The van der Waals surface area contributed by atoms with Gasteiger partial charge < -0.3 is 10.2 Å². The summed E-state index contributed by atoms with van der Waals surface area (Å²) in [5.74, 6) is -0.913. The molecule has 0 unspecified atom stereocenters. The van der Waals surface area contributed by atoms with E-state index in [1.54, 1.807) is 36.4 Å². The summed E-state index contributed by atoms with van der Waals surface area (Å²) in [7, 11) is -4.32. The van der Waals surface area contributed by atoms with Gasteiger partial charge in [0.15, 0.2) is 0 Å². The van der Waals surface area contributed by atoms with Crippen LogP contribution >= 0.6 is 46.4 Å². The molecular weight excluding hydrogens is 688 g/mol. The number of halogens is 4. The summed E-state index contributed by atoms with van der Waals surface area (Å²) in [5, 5.41) is 4.17. The quantitative estimate of drug-likeness (QED) is 0.152. The normalized spacial score (nSPS) is 12.1. The minimum Gasteiger partial charge on any atom is -0.354 e. The van der Waals surface area contributed by atoms with Crippen molar-refractivity contribution >= 4 is 73.9 Å². The van der Waals surface area contributed by atoms with Gasteiger partial charge in [-0.05, 0) is 66.1 Å². The van der Waals surface area contributed by atoms with Crippen LogP contribution < -0.4 is 9.62 Å². The molecule has 0 aliphatic heterocycles. The average molecular weight is 722 g/mol. The van der Waals surface area contributed by atoms with Crippen molar-refractivity contribution in [1.82, 2.24) is 10.2 Å². The summed E-state index contributed by atoms with van der Waals surface area (Å²) < 4.78 is 29.2. The molecule has 7 nitrogen and oxygen atoms in total. The van der Waals surface area contributed by atoms with E-state index in [4.69, 9.17) is 46.4 Å². The molecular formula is C34H33Cl4N3O4S. The molecule has 1 N–H and O–H groups in total. The Hall–Kier alpha value is -3.27. The van der Waals surface area contributed by atoms with Crippen LogP contribution in [0.5, 0.6) is 0 Å². The molecule has 0 aliphatic rings. The highest BCUT2D eigenvalue weighted by molar-refractivity contribution is 7.92. The number of benzene rings is 4. The molecule has 1 atom stereocenters. The van der Waals surface area contributed by atoms with Crippen LogP contribution in [0.2, 0.25) is 20.1 Å². The van der Waals surface area contributed by atoms with Crippen molar-refractivity contribution in [3.8, 4) is 0 Å². The molecule has 4 aromatic carbocycles. The Labute approximate surface area is 290 Å². The second-order valence-electron chi connectivity index (χ2n) is 11.0. The van der Waals surface area contributed by atoms with Crippen LogP contribution in [0.3, 0.4) is 0 Å². The number of hydrogen-bond donors (Lipinski definition) is 1. The van der Waals surface area contributed by atoms with E-state index in [2.05, 4.69) is 5.32 Å². The van der Waals surface area contributed by atoms with Gasteiger partial charge in [0.2, 0.25) is 11.8 Å². The molecule has 0 heterocycles. The summed E-state index contributed by atoms with van der Waals surface area (Å²) in [6, 6.07) is 25.0. The van der Waals surface area contributed by atoms with Crippen molar-refractivity contribution in [2.24, 2.45) is 5.92 Å². The van der Waals surface area contributed by atoms with Gasteiger partial charge in [0.05, 0.1) is 10.6 Å². The molecule has 2 amide bonds. The number of nitrogens with one attached hydrogen (secondary N) is 1. The third kappa shape index (κ3) is 9.17. The van der Waals surface area contributed by atoms with Crippen LogP contribution in [0.4, 0.5) is 5.69 Å². The first-order valence-corrected chi connectivity index (χ1v) is 17.4. The zero-order chi connectivity index (χ0) is 33.4. The van der Waals surface area contributed by atoms with Crippen molar-refractivity contribution in [2.45, 2.75) is 37.8 Å². The molecule has 0 radical (unpaired) electrons. The monoisotopic (exact) mass is 719 g/mol. The van der Waals surface area contributed by atoms with Crippen LogP contribution in [-0.2, 0) is 32.6 Å². The first-order valence-electron chi connectivity index (χ1n) is 14.4. The van der Waals surface area contributed by atoms with Crippen LogP contribution in [0.25, 0.3) is 0 Å². The number of amides is 2. The highest BCUT2D eigenvalue weighted by Gasteiger charge is 2.35. The average Bonchev–Trinajstić information content (AvgIpc) is 3.02. The maximum atomic E-state index is 14.5. The summed E-state index contributed by atoms with van der Waals surface area (Å²) in [6.45, 7) is 3.48. The van der Waals surface area contributed by atoms with Gasteiger partial charge in [-0.25, -0.2) is 8.42 Å². The second kappa shape index (κ2) is 16.0. The lowest BCUT2D eigenvalue weighted by molar-refractivity contribution is -0.140. The molecule has 4 aromatic rings. The first-order chi connectivity index (χ1) is 21.9. The lowest BCUT2D eigenvalue weighted by atomic mass is 10.0. The van der Waals surface area contributed by atoms with Gasteiger partial charge in [-0.3, -0.25) is 13.9 Å². The van der Waals surface area contributed by atoms with Crippen molar-refractivity contribution in [1.29, 1.82) is 0 Å². The van der Waals surface area contributed by atoms with Gasteiger partial charge in [-0.1, -0.05) is 103 Å². The summed E-state index contributed by atoms with van der Waals surface area (Å²) in [5.41, 5.74) is 1.38. The molecule has 0 aliphatic carbocycles. The Balaban J connectivity index is 1.83. The Morgan fingerprint density at radius 2 is 1.41 bits per heavy atom. The fourth-order valence-corrected chi connectivity index (χ4v) is 6.96. The first kappa shape index (κ1) is 35.6. The van der Waals surface area contributed by atoms with E-state index in [-0.39, 0.29) is 34.5 Å². The van der Waals surface area contributed by atoms with Gasteiger partial charge in [0.25, 0.3) is 10.0 Å². The fraction of sp³-hybridized carbons (Fsp3) is 0.235. The number of nitrogens with zero attached hydrogens (tertiary/aromatic N) is 2. The second-order valence-corrected chi connectivity index (χ2v) is 14.6. The Bertz CT molecular complexity index is 1750. The zero-order valence-electron chi connectivity index (χ0n) is 25.2. The molecule has 0 saturated carbocycles. The van der Waals surface area contributed by atoms with Gasteiger partial charge >= 0.3 is 0 Å². The van der Waals surface area contributed by atoms with E-state index in [1.807, 2.05) is 44.2 Å². The molecule has 0 aromatic heterocycles. The molecule has 242 valence electrons. The molecule has 4 rings (SSSR count). The Kier molecular flexibility index (Phi) is 12.4. The minimum atomic E-state index is -4.32. The van der Waals surface area contributed by atoms with E-state index in [1.165, 1.54) is 35.2 Å². The van der Waals surface area contributed by atoms with Crippen LogP contribution in [-0.4, -0.2) is 44.3 Å². The fourth-order valence-electron chi connectivity index (χ4n) is 4.72. The summed E-state index contributed by atoms with van der Waals surface area (Å²) >= 11 is 25.4. The van der Waals surface area contributed by atoms with Crippen LogP contribution in [0, 0.1) is 5.92 Å². The van der Waals surface area contributed by atoms with Crippen LogP contribution in [0.15, 0.2) is 102 Å². The maximum absolute atomic E-state index is 14.5. The smallest absolute Gasteiger partial charge is 0.264 e. The van der Waals surface area contributed by atoms with Crippen molar-refractivity contribution in [3.05, 3.63) is 128 Å². The third-order valence-corrected chi connectivity index (χ3v) is 10.1. The number of carbonyl (C=O) groups excluding carboxylic acids is 2. The number of sulfonamides is 1. The molecule has 0 saturated heterocycles. The number of carbonyl (C=O) groups is 2. The Morgan fingerprint density at radius 1 is 0.783 bits per heavy atom. The lowest BCUT2D eigenvalue weighted by Gasteiger charge is -2.34. The minimum absolute atomic E-state index is 0.0825. The van der Waals surface area contributed by atoms with E-state index >= 15 is 0 Å². The predicted octanol–water partition coefficient (Wildman–Crippen LogP) is 7.91. The summed E-state index contributed by atoms with van der Waals surface area (Å²) in [4.78, 5) is 29.7. The molecule has 12 heteroatoms. The maximum Gasteiger partial charge on any atom is 0.264 e. The van der Waals surface area contributed by atoms with Crippen molar-refractivity contribution < 1.29 is 18.0 Å². The topological polar surface area (TPSA) is 86.8 Å². The van der Waals surface area contributed by atoms with E-state index in [0.717, 1.165) is 9.87 Å². The molecule has 0 spiro atoms. The Morgan fingerprint density at radius 3 is 2.02 bits per heavy atom. The van der Waals surface area contributed by atoms with Crippen molar-refractivity contribution in [3.63, 3.8) is 0 Å². The van der Waals surface area contributed by atoms with Gasteiger partial charge in [0, 0.05) is 45.2 Å². The van der Waals surface area contributed by atoms with E-state index in [0.29, 0.717) is 27.2 Å². The van der Waals surface area contributed by atoms with Gasteiger partial charge in [-0.15, -0.1) is 0 Å². The SMILES string of the molecule is CC(C)CNC(=O)[C@H](Cc1ccccc1)N(Cc1c(Cl)cccc1Cl)C(=O)CN(c1cccc(Cl)c1)S(=O)(=O)c1ccc(Cl)cc1. The number of anilines is 1. The van der Waals surface area contributed by atoms with Crippen LogP contribution in [0.1, 0.15) is 25.0 Å². The predicted molar refractivity (Wildman–Crippen MR) is 186 cm³/mol. The highest BCUT2D eigenvalue weighted by Crippen LogP contribution is 2.30. The van der Waals surface area contributed by atoms with Crippen molar-refractivity contribution in [2.75, 3.05) is 17.4 Å². The zero-order valence-corrected chi connectivity index (χ0v) is 29.0. The summed E-state index contributed by atoms with van der Waals surface area (Å²) in [6.07, 6.45) is 0.152. The van der Waals surface area contributed by atoms with E-state index < -0.39 is 34.4 Å². The van der Waals surface area contributed by atoms with E-state index in [9.17, 15) is 18.0 Å². The molecule has 0 bridgehead atoms. The van der Waals surface area contributed by atoms with Gasteiger partial charge in [-0.2, -0.15) is 0 Å². The highest BCUT2D eigenvalue weighted by atomic mass is 35.5. The molecule has 0 fully saturated rings. The van der Waals surface area contributed by atoms with Gasteiger partial charge in [0.1, 0.15) is 12.6 Å². The lowest BCUT2D eigenvalue weighted by Crippen LogP contribution is -2.53. The third-order valence-electron chi connectivity index (χ3n) is 7.12. The number of rotatable bonds is 13. The number of hydrogen-bond acceptors (Lipinski definition) is 4. The standard InChI is InChI=1S/C34H33Cl4N3O4S/c1-23(2)20-39-34(43)32(18-24-8-4-3-5-9-24)40(21-29-30(37)12-7-13-31(29)38)33(42)22-41(27-11-6-10-26(36)19-27)46(44,45)28-16-14-25(35)15-17-28/h3-17,19,23,32H,18,20-22H2,1-2H3,(H,39,43)/t32-/m0/s1.